The van der Waals surface area contributed by atoms with Crippen molar-refractivity contribution in [3.63, 3.8) is 0 Å². The lowest BCUT2D eigenvalue weighted by Crippen LogP contribution is -2.30. The molecule has 0 spiro atoms. The van der Waals surface area contributed by atoms with Crippen molar-refractivity contribution < 1.29 is 62.0 Å². The van der Waals surface area contributed by atoms with Crippen LogP contribution in [0.5, 0.6) is 0 Å². The SMILES string of the molecule is CCCCCCCCC(=O)OCC(COC(=O)CCCCCCCC)COC(=O)CCN(C=O)CCC(=O)OCC(COC(=O)CCCCCCCC)COC(=O)CCCCCCCC. The minimum Gasteiger partial charge on any atom is -0.465 e. The number of unbranched alkanes of at least 4 members (excludes halogenated alkanes) is 20. The lowest BCUT2D eigenvalue weighted by atomic mass is 10.1. The Morgan fingerprint density at radius 3 is 0.738 bits per heavy atom. The van der Waals surface area contributed by atoms with Gasteiger partial charge in [0.25, 0.3) is 0 Å². The Balaban J connectivity index is 5.01. The topological polar surface area (TPSA) is 178 Å². The van der Waals surface area contributed by atoms with Gasteiger partial charge in [-0.3, -0.25) is 33.6 Å². The van der Waals surface area contributed by atoms with Crippen molar-refractivity contribution in [3.8, 4) is 0 Å². The van der Waals surface area contributed by atoms with Gasteiger partial charge in [-0.2, -0.15) is 0 Å². The Hall–Kier alpha value is -3.71. The van der Waals surface area contributed by atoms with E-state index in [-0.39, 0.29) is 115 Å². The predicted octanol–water partition coefficient (Wildman–Crippen LogP) is 10.7. The standard InChI is InChI=1S/C51H91NO13/c1-5-9-13-17-21-25-29-46(54)60-37-44(38-61-47(55)30-26-22-18-14-10-6-2)41-64-50(58)33-35-52(43-53)36-34-51(59)65-42-45(39-62-48(56)31-27-23-19-15-11-7-3)40-63-49(57)32-28-24-20-16-12-8-4/h43-45H,5-42H2,1-4H3. The summed E-state index contributed by atoms with van der Waals surface area (Å²) in [4.78, 5) is 88.4. The summed E-state index contributed by atoms with van der Waals surface area (Å²) in [6.07, 6.45) is 26.2. The molecule has 14 heteroatoms. The van der Waals surface area contributed by atoms with Gasteiger partial charge >= 0.3 is 35.8 Å². The molecule has 0 radical (unpaired) electrons. The molecule has 378 valence electrons. The molecule has 0 saturated heterocycles. The van der Waals surface area contributed by atoms with Crippen LogP contribution in [-0.4, -0.2) is 99.9 Å². The van der Waals surface area contributed by atoms with Gasteiger partial charge in [-0.05, 0) is 25.7 Å². The second-order valence-electron chi connectivity index (χ2n) is 17.5. The highest BCUT2D eigenvalue weighted by Crippen LogP contribution is 2.13. The van der Waals surface area contributed by atoms with Crippen LogP contribution in [0, 0.1) is 11.8 Å². The van der Waals surface area contributed by atoms with Crippen molar-refractivity contribution in [2.24, 2.45) is 11.8 Å². The van der Waals surface area contributed by atoms with E-state index in [1.165, 1.54) is 30.6 Å². The van der Waals surface area contributed by atoms with E-state index in [1.54, 1.807) is 0 Å². The fourth-order valence-corrected chi connectivity index (χ4v) is 6.87. The molecule has 0 aliphatic rings. The molecule has 0 rings (SSSR count). The summed E-state index contributed by atoms with van der Waals surface area (Å²) in [5.41, 5.74) is 0. The molecule has 0 aliphatic carbocycles. The summed E-state index contributed by atoms with van der Waals surface area (Å²) in [7, 11) is 0. The van der Waals surface area contributed by atoms with E-state index in [0.29, 0.717) is 6.41 Å². The summed E-state index contributed by atoms with van der Waals surface area (Å²) >= 11 is 0. The Morgan fingerprint density at radius 2 is 0.523 bits per heavy atom. The van der Waals surface area contributed by atoms with Gasteiger partial charge < -0.3 is 33.3 Å². The Kier molecular flexibility index (Phi) is 42.9. The van der Waals surface area contributed by atoms with E-state index in [2.05, 4.69) is 27.7 Å². The highest BCUT2D eigenvalue weighted by Gasteiger charge is 2.20. The van der Waals surface area contributed by atoms with Crippen molar-refractivity contribution in [3.05, 3.63) is 0 Å². The molecule has 0 N–H and O–H groups in total. The normalized spacial score (nSPS) is 11.0. The largest absolute Gasteiger partial charge is 0.465 e. The third-order valence-corrected chi connectivity index (χ3v) is 11.2. The minimum absolute atomic E-state index is 0.0213. The van der Waals surface area contributed by atoms with Gasteiger partial charge in [-0.15, -0.1) is 0 Å². The Bertz CT molecular complexity index is 1080. The molecule has 0 unspecified atom stereocenters. The van der Waals surface area contributed by atoms with Crippen LogP contribution in [0.15, 0.2) is 0 Å². The highest BCUT2D eigenvalue weighted by molar-refractivity contribution is 5.72. The van der Waals surface area contributed by atoms with Crippen molar-refractivity contribution in [1.82, 2.24) is 4.90 Å². The number of hydrogen-bond acceptors (Lipinski definition) is 13. The van der Waals surface area contributed by atoms with E-state index in [4.69, 9.17) is 28.4 Å². The van der Waals surface area contributed by atoms with Gasteiger partial charge in [0.2, 0.25) is 6.41 Å². The van der Waals surface area contributed by atoms with Crippen LogP contribution < -0.4 is 0 Å². The van der Waals surface area contributed by atoms with Crippen molar-refractivity contribution in [1.29, 1.82) is 0 Å². The number of carbonyl (C=O) groups excluding carboxylic acids is 7. The van der Waals surface area contributed by atoms with E-state index in [1.807, 2.05) is 0 Å². The van der Waals surface area contributed by atoms with Crippen molar-refractivity contribution in [2.45, 2.75) is 220 Å². The number of rotatable bonds is 47. The van der Waals surface area contributed by atoms with Crippen LogP contribution >= 0.6 is 0 Å². The molecule has 1 amide bonds. The van der Waals surface area contributed by atoms with Crippen LogP contribution in [-0.2, 0) is 62.0 Å². The first-order valence-electron chi connectivity index (χ1n) is 25.7. The van der Waals surface area contributed by atoms with E-state index in [0.717, 1.165) is 128 Å². The first kappa shape index (κ1) is 61.3. The van der Waals surface area contributed by atoms with Gasteiger partial charge in [0.1, 0.15) is 39.6 Å². The van der Waals surface area contributed by atoms with E-state index in [9.17, 15) is 33.6 Å². The van der Waals surface area contributed by atoms with Gasteiger partial charge in [-0.1, -0.05) is 156 Å². The zero-order chi connectivity index (χ0) is 48.0. The quantitative estimate of drug-likeness (QED) is 0.0244. The molecular weight excluding hydrogens is 835 g/mol. The number of esters is 6. The smallest absolute Gasteiger partial charge is 0.307 e. The number of carbonyl (C=O) groups is 7. The van der Waals surface area contributed by atoms with Crippen LogP contribution in [0.3, 0.4) is 0 Å². The van der Waals surface area contributed by atoms with Gasteiger partial charge in [0.05, 0.1) is 24.7 Å². The number of hydrogen-bond donors (Lipinski definition) is 0. The second kappa shape index (κ2) is 45.4. The molecule has 0 saturated carbocycles. The molecule has 0 aromatic heterocycles. The van der Waals surface area contributed by atoms with Gasteiger partial charge in [-0.25, -0.2) is 0 Å². The van der Waals surface area contributed by atoms with Crippen molar-refractivity contribution >= 4 is 42.2 Å². The maximum atomic E-state index is 12.8. The van der Waals surface area contributed by atoms with E-state index >= 15 is 0 Å². The summed E-state index contributed by atoms with van der Waals surface area (Å²) in [6.45, 7) is 7.99. The predicted molar refractivity (Wildman–Crippen MR) is 252 cm³/mol. The Morgan fingerprint density at radius 1 is 0.323 bits per heavy atom. The summed E-state index contributed by atoms with van der Waals surface area (Å²) in [6, 6.07) is 0. The zero-order valence-electron chi connectivity index (χ0n) is 41.4. The minimum atomic E-state index is -0.610. The summed E-state index contributed by atoms with van der Waals surface area (Å²) in [5.74, 6) is -3.75. The second-order valence-corrected chi connectivity index (χ2v) is 17.5. The summed E-state index contributed by atoms with van der Waals surface area (Å²) < 4.78 is 32.8. The number of amides is 1. The molecule has 0 aromatic carbocycles. The van der Waals surface area contributed by atoms with Gasteiger partial charge in [0, 0.05) is 38.8 Å². The lowest BCUT2D eigenvalue weighted by Gasteiger charge is -2.20. The third kappa shape index (κ3) is 41.5. The highest BCUT2D eigenvalue weighted by atomic mass is 16.6. The molecule has 0 atom stereocenters. The fourth-order valence-electron chi connectivity index (χ4n) is 6.87. The first-order valence-corrected chi connectivity index (χ1v) is 25.7. The van der Waals surface area contributed by atoms with Crippen molar-refractivity contribution in [2.75, 3.05) is 52.7 Å². The average molecular weight is 926 g/mol. The maximum absolute atomic E-state index is 12.8. The monoisotopic (exact) mass is 926 g/mol. The maximum Gasteiger partial charge on any atom is 0.307 e. The molecule has 0 aromatic rings. The third-order valence-electron chi connectivity index (χ3n) is 11.2. The molecule has 65 heavy (non-hydrogen) atoms. The number of nitrogens with zero attached hydrogens (tertiary/aromatic N) is 1. The lowest BCUT2D eigenvalue weighted by molar-refractivity contribution is -0.156. The molecule has 0 aliphatic heterocycles. The van der Waals surface area contributed by atoms with E-state index < -0.39 is 23.8 Å². The zero-order valence-corrected chi connectivity index (χ0v) is 41.4. The first-order chi connectivity index (χ1) is 31.6. The Labute approximate surface area is 393 Å². The molecule has 0 fully saturated rings. The molecular formula is C51H91NO13. The summed E-state index contributed by atoms with van der Waals surface area (Å²) in [5, 5.41) is 0. The van der Waals surface area contributed by atoms with Gasteiger partial charge in [0.15, 0.2) is 0 Å². The average Bonchev–Trinajstić information content (AvgIpc) is 3.30. The van der Waals surface area contributed by atoms with Crippen LogP contribution in [0.2, 0.25) is 0 Å². The number of ether oxygens (including phenoxy) is 6. The molecule has 14 nitrogen and oxygen atoms in total. The fraction of sp³-hybridized carbons (Fsp3) is 0.863. The molecule has 0 heterocycles. The van der Waals surface area contributed by atoms with Crippen LogP contribution in [0.4, 0.5) is 0 Å². The van der Waals surface area contributed by atoms with Crippen LogP contribution in [0.25, 0.3) is 0 Å². The van der Waals surface area contributed by atoms with Crippen LogP contribution in [0.1, 0.15) is 220 Å². The molecule has 0 bridgehead atoms.